The third-order valence-corrected chi connectivity index (χ3v) is 14.3. The Labute approximate surface area is 413 Å². The molecule has 13 aromatic rings. The average molecular weight is 909 g/mol. The Kier molecular flexibility index (Phi) is 10.3. The van der Waals surface area contributed by atoms with Gasteiger partial charge in [-0.25, -0.2) is 0 Å². The summed E-state index contributed by atoms with van der Waals surface area (Å²) in [5.41, 5.74) is 20.5. The summed E-state index contributed by atoms with van der Waals surface area (Å²) in [7, 11) is 0. The summed E-state index contributed by atoms with van der Waals surface area (Å²) in [6.45, 7) is 4.28. The molecule has 71 heavy (non-hydrogen) atoms. The zero-order valence-corrected chi connectivity index (χ0v) is 39.6. The summed E-state index contributed by atoms with van der Waals surface area (Å²) < 4.78 is 8.95. The van der Waals surface area contributed by atoms with Gasteiger partial charge in [0.05, 0.1) is 16.7 Å². The summed E-state index contributed by atoms with van der Waals surface area (Å²) in [5.74, 6) is 0. The molecule has 0 bridgehead atoms. The zero-order chi connectivity index (χ0) is 47.4. The number of anilines is 3. The van der Waals surface area contributed by atoms with Crippen molar-refractivity contribution in [2.24, 2.45) is 0 Å². The molecule has 0 radical (unpaired) electrons. The Morgan fingerprint density at radius 3 is 1.70 bits per heavy atom. The molecule has 11 aromatic carbocycles. The molecule has 0 amide bonds. The van der Waals surface area contributed by atoms with Gasteiger partial charge in [0.15, 0.2) is 0 Å². The molecule has 2 heterocycles. The Morgan fingerprint density at radius 2 is 0.986 bits per heavy atom. The molecule has 0 unspecified atom stereocenters. The first-order chi connectivity index (χ1) is 35.1. The molecule has 0 aliphatic heterocycles. The lowest BCUT2D eigenvalue weighted by Gasteiger charge is -2.28. The van der Waals surface area contributed by atoms with Crippen LogP contribution in [0.4, 0.5) is 17.1 Å². The first kappa shape index (κ1) is 42.0. The number of hydrogen-bond donors (Lipinski definition) is 0. The van der Waals surface area contributed by atoms with Crippen LogP contribution in [0.25, 0.3) is 111 Å². The van der Waals surface area contributed by atoms with Crippen molar-refractivity contribution in [3.8, 4) is 50.2 Å². The lowest BCUT2D eigenvalue weighted by atomic mass is 9.94. The van der Waals surface area contributed by atoms with Crippen molar-refractivity contribution in [3.63, 3.8) is 0 Å². The summed E-state index contributed by atoms with van der Waals surface area (Å²) >= 11 is 0. The van der Waals surface area contributed by atoms with E-state index in [4.69, 9.17) is 4.42 Å². The van der Waals surface area contributed by atoms with Crippen molar-refractivity contribution >= 4 is 77.7 Å². The maximum absolute atomic E-state index is 6.57. The van der Waals surface area contributed by atoms with Gasteiger partial charge in [0, 0.05) is 49.6 Å². The SMILES string of the molecule is C/C=C\c1cccc(-c2ccc(-c3ccc(N(c4ccc(-c5cccc(-n6c7ccccc7c7ccccc76)c5)cc4)c4ccccc4-c4ccc5oc6c7ccccc7ccc6c5c4)cc3)cc2)c1C. The largest absolute Gasteiger partial charge is 0.455 e. The Balaban J connectivity index is 0.899. The van der Waals surface area contributed by atoms with E-state index in [0.29, 0.717) is 0 Å². The third kappa shape index (κ3) is 7.30. The maximum Gasteiger partial charge on any atom is 0.143 e. The molecule has 13 rings (SSSR count). The molecule has 0 saturated heterocycles. The van der Waals surface area contributed by atoms with Gasteiger partial charge >= 0.3 is 0 Å². The van der Waals surface area contributed by atoms with Gasteiger partial charge in [-0.2, -0.15) is 0 Å². The van der Waals surface area contributed by atoms with Crippen molar-refractivity contribution in [3.05, 3.63) is 260 Å². The van der Waals surface area contributed by atoms with Crippen molar-refractivity contribution in [1.29, 1.82) is 0 Å². The number of rotatable bonds is 9. The predicted molar refractivity (Wildman–Crippen MR) is 301 cm³/mol. The van der Waals surface area contributed by atoms with Gasteiger partial charge in [-0.15, -0.1) is 0 Å². The molecule has 0 aliphatic rings. The van der Waals surface area contributed by atoms with E-state index in [2.05, 4.69) is 278 Å². The van der Waals surface area contributed by atoms with E-state index in [1.165, 1.54) is 55.0 Å². The third-order valence-electron chi connectivity index (χ3n) is 14.3. The fourth-order valence-electron chi connectivity index (χ4n) is 10.8. The maximum atomic E-state index is 6.57. The topological polar surface area (TPSA) is 21.3 Å². The highest BCUT2D eigenvalue weighted by Gasteiger charge is 2.20. The fraction of sp³-hybridized carbons (Fsp3) is 0.0294. The van der Waals surface area contributed by atoms with Gasteiger partial charge in [-0.05, 0) is 142 Å². The smallest absolute Gasteiger partial charge is 0.143 e. The highest BCUT2D eigenvalue weighted by Crippen LogP contribution is 2.44. The van der Waals surface area contributed by atoms with E-state index in [9.17, 15) is 0 Å². The minimum absolute atomic E-state index is 0.883. The second kappa shape index (κ2) is 17.4. The summed E-state index contributed by atoms with van der Waals surface area (Å²) in [4.78, 5) is 2.40. The van der Waals surface area contributed by atoms with Crippen LogP contribution in [-0.2, 0) is 0 Å². The van der Waals surface area contributed by atoms with Crippen LogP contribution in [0.5, 0.6) is 0 Å². The highest BCUT2D eigenvalue weighted by molar-refractivity contribution is 6.16. The second-order valence-corrected chi connectivity index (χ2v) is 18.4. The number of benzene rings is 11. The van der Waals surface area contributed by atoms with E-state index in [1.807, 2.05) is 0 Å². The summed E-state index contributed by atoms with van der Waals surface area (Å²) in [6.07, 6.45) is 4.28. The first-order valence-corrected chi connectivity index (χ1v) is 24.4. The number of para-hydroxylation sites is 3. The van der Waals surface area contributed by atoms with E-state index in [0.717, 1.165) is 77.9 Å². The standard InChI is InChI=1S/C68H48N2O/c1-3-14-46-16-13-23-57(45(46)2)51-29-27-47(28-30-51)48-31-37-54(38-32-48)69(64-24-9-6-19-58(64)53-36-42-67-63(44-53)62-41-35-50-15-4-5-20-59(50)68(62)71-67)55-39-33-49(34-40-55)52-17-12-18-56(43-52)70-65-25-10-7-21-60(65)61-22-8-11-26-66(61)70/h3-44H,1-2H3/b14-3-. The number of fused-ring (bicyclic) bond motifs is 8. The van der Waals surface area contributed by atoms with Crippen LogP contribution in [0.15, 0.2) is 253 Å². The highest BCUT2D eigenvalue weighted by atomic mass is 16.3. The van der Waals surface area contributed by atoms with Crippen molar-refractivity contribution in [2.75, 3.05) is 4.90 Å². The number of furan rings is 1. The molecule has 0 aliphatic carbocycles. The summed E-state index contributed by atoms with van der Waals surface area (Å²) in [5, 5.41) is 7.04. The van der Waals surface area contributed by atoms with Gasteiger partial charge < -0.3 is 13.9 Å². The van der Waals surface area contributed by atoms with Crippen LogP contribution in [-0.4, -0.2) is 4.57 Å². The van der Waals surface area contributed by atoms with Crippen molar-refractivity contribution in [2.45, 2.75) is 13.8 Å². The Hall–Kier alpha value is -9.18. The van der Waals surface area contributed by atoms with Crippen LogP contribution >= 0.6 is 0 Å². The quantitative estimate of drug-likeness (QED) is 0.144. The second-order valence-electron chi connectivity index (χ2n) is 18.4. The molecule has 2 aromatic heterocycles. The number of aromatic nitrogens is 1. The van der Waals surface area contributed by atoms with Gasteiger partial charge in [0.2, 0.25) is 0 Å². The summed E-state index contributed by atoms with van der Waals surface area (Å²) in [6, 6.07) is 88.1. The lowest BCUT2D eigenvalue weighted by molar-refractivity contribution is 0.672. The first-order valence-electron chi connectivity index (χ1n) is 24.4. The van der Waals surface area contributed by atoms with Crippen LogP contribution in [0.2, 0.25) is 0 Å². The number of nitrogens with zero attached hydrogens (tertiary/aromatic N) is 2. The predicted octanol–water partition coefficient (Wildman–Crippen LogP) is 19.3. The number of hydrogen-bond acceptors (Lipinski definition) is 2. The minimum atomic E-state index is 0.883. The van der Waals surface area contributed by atoms with Gasteiger partial charge in [-0.1, -0.05) is 182 Å². The minimum Gasteiger partial charge on any atom is -0.455 e. The van der Waals surface area contributed by atoms with E-state index in [-0.39, 0.29) is 0 Å². The van der Waals surface area contributed by atoms with Crippen LogP contribution in [0.3, 0.4) is 0 Å². The van der Waals surface area contributed by atoms with E-state index in [1.54, 1.807) is 0 Å². The van der Waals surface area contributed by atoms with Gasteiger partial charge in [-0.3, -0.25) is 0 Å². The molecular weight excluding hydrogens is 861 g/mol. The molecular formula is C68H48N2O. The van der Waals surface area contributed by atoms with Crippen LogP contribution in [0, 0.1) is 6.92 Å². The fourth-order valence-corrected chi connectivity index (χ4v) is 10.8. The van der Waals surface area contributed by atoms with E-state index >= 15 is 0 Å². The number of allylic oxidation sites excluding steroid dienone is 1. The lowest BCUT2D eigenvalue weighted by Crippen LogP contribution is -2.11. The molecule has 0 atom stereocenters. The average Bonchev–Trinajstić information content (AvgIpc) is 3.98. The molecule has 0 saturated carbocycles. The molecule has 0 spiro atoms. The monoisotopic (exact) mass is 908 g/mol. The molecule has 0 fully saturated rings. The van der Waals surface area contributed by atoms with Crippen LogP contribution < -0.4 is 4.90 Å². The van der Waals surface area contributed by atoms with Crippen molar-refractivity contribution < 1.29 is 4.42 Å². The molecule has 3 nitrogen and oxygen atoms in total. The molecule has 3 heteroatoms. The zero-order valence-electron chi connectivity index (χ0n) is 39.6. The van der Waals surface area contributed by atoms with Gasteiger partial charge in [0.1, 0.15) is 11.2 Å². The molecule has 336 valence electrons. The van der Waals surface area contributed by atoms with Gasteiger partial charge in [0.25, 0.3) is 0 Å². The van der Waals surface area contributed by atoms with Crippen molar-refractivity contribution in [1.82, 2.24) is 4.57 Å². The normalized spacial score (nSPS) is 11.7. The Morgan fingerprint density at radius 1 is 0.408 bits per heavy atom. The van der Waals surface area contributed by atoms with Crippen LogP contribution in [0.1, 0.15) is 18.1 Å². The molecule has 0 N–H and O–H groups in total. The Bertz CT molecular complexity index is 4120. The van der Waals surface area contributed by atoms with E-state index < -0.39 is 0 Å².